The van der Waals surface area contributed by atoms with Crippen molar-refractivity contribution in [3.63, 3.8) is 0 Å². The first kappa shape index (κ1) is 26.9. The molecule has 3 heterocycles. The molecule has 0 radical (unpaired) electrons. The standard InChI is InChI=1S/C28H24ClN3O5S2.2H2/c1-15(2)39(35,36)18-10-8-17(9-11-18)22-14-31-27-25(32-22)20(13-30-27)24-12-23(26(38-24)28(33)34)37-16(3)19-6-4-5-7-21(19)29;;/h4-16H,1-3H3,(H,30,31)(H,33,34);2*1H. The van der Waals surface area contributed by atoms with Gasteiger partial charge in [0.25, 0.3) is 0 Å². The molecule has 3 aromatic heterocycles. The van der Waals surface area contributed by atoms with Gasteiger partial charge in [-0.15, -0.1) is 11.3 Å². The second kappa shape index (κ2) is 10.4. The third-order valence-corrected chi connectivity index (χ3v) is 9.94. The molecular formula is C28H28ClN3O5S2. The Balaban J connectivity index is 0.00000231. The number of hydrogen-bond acceptors (Lipinski definition) is 7. The van der Waals surface area contributed by atoms with Crippen LogP contribution in [0.5, 0.6) is 5.75 Å². The third-order valence-electron chi connectivity index (χ3n) is 6.28. The number of H-pyrrole nitrogens is 1. The summed E-state index contributed by atoms with van der Waals surface area (Å²) in [6.07, 6.45) is 2.85. The van der Waals surface area contributed by atoms with Gasteiger partial charge < -0.3 is 14.8 Å². The number of rotatable bonds is 8. The van der Waals surface area contributed by atoms with E-state index in [2.05, 4.69) is 9.97 Å². The quantitative estimate of drug-likeness (QED) is 0.193. The Labute approximate surface area is 237 Å². The molecule has 8 nitrogen and oxygen atoms in total. The van der Waals surface area contributed by atoms with Gasteiger partial charge in [-0.3, -0.25) is 0 Å². The van der Waals surface area contributed by atoms with E-state index in [0.717, 1.165) is 16.9 Å². The number of halogens is 1. The molecular weight excluding hydrogens is 558 g/mol. The Kier molecular flexibility index (Phi) is 7.19. The van der Waals surface area contributed by atoms with E-state index in [1.807, 2.05) is 25.1 Å². The van der Waals surface area contributed by atoms with Gasteiger partial charge in [0.15, 0.2) is 20.4 Å². The fourth-order valence-corrected chi connectivity index (χ4v) is 6.40. The molecule has 204 valence electrons. The van der Waals surface area contributed by atoms with Crippen LogP contribution in [0.4, 0.5) is 0 Å². The van der Waals surface area contributed by atoms with Gasteiger partial charge in [-0.25, -0.2) is 23.2 Å². The van der Waals surface area contributed by atoms with E-state index in [-0.39, 0.29) is 18.4 Å². The highest BCUT2D eigenvalue weighted by Gasteiger charge is 2.23. The SMILES string of the molecule is CC(Oc1cc(-c2c[nH]c3ncc(-c4ccc(S(=O)(=O)C(C)C)cc4)nc23)sc1C(=O)O)c1ccccc1Cl.[HH].[HH]. The summed E-state index contributed by atoms with van der Waals surface area (Å²) < 4.78 is 31.0. The van der Waals surface area contributed by atoms with Crippen molar-refractivity contribution < 1.29 is 25.9 Å². The summed E-state index contributed by atoms with van der Waals surface area (Å²) in [5.74, 6) is -0.869. The summed E-state index contributed by atoms with van der Waals surface area (Å²) >= 11 is 7.39. The van der Waals surface area contributed by atoms with Gasteiger partial charge in [-0.2, -0.15) is 0 Å². The lowest BCUT2D eigenvalue weighted by molar-refractivity contribution is 0.0695. The smallest absolute Gasteiger partial charge is 0.349 e. The van der Waals surface area contributed by atoms with Crippen molar-refractivity contribution in [1.82, 2.24) is 15.0 Å². The van der Waals surface area contributed by atoms with Crippen LogP contribution in [0.1, 0.15) is 45.0 Å². The zero-order chi connectivity index (χ0) is 27.9. The molecule has 5 aromatic rings. The van der Waals surface area contributed by atoms with E-state index in [1.54, 1.807) is 62.6 Å². The Morgan fingerprint density at radius 1 is 1.13 bits per heavy atom. The number of benzene rings is 2. The van der Waals surface area contributed by atoms with Crippen LogP contribution in [0, 0.1) is 0 Å². The second-order valence-corrected chi connectivity index (χ2v) is 13.1. The first-order chi connectivity index (χ1) is 18.6. The molecule has 39 heavy (non-hydrogen) atoms. The van der Waals surface area contributed by atoms with Crippen LogP contribution in [0.2, 0.25) is 5.02 Å². The number of carboxylic acid groups (broad SMARTS) is 1. The predicted molar refractivity (Wildman–Crippen MR) is 157 cm³/mol. The first-order valence-electron chi connectivity index (χ1n) is 12.0. The van der Waals surface area contributed by atoms with Crippen LogP contribution in [-0.2, 0) is 9.84 Å². The molecule has 1 unspecified atom stereocenters. The summed E-state index contributed by atoms with van der Waals surface area (Å²) in [5.41, 5.74) is 3.76. The van der Waals surface area contributed by atoms with E-state index in [0.29, 0.717) is 37.9 Å². The maximum atomic E-state index is 12.5. The fourth-order valence-electron chi connectivity index (χ4n) is 4.11. The number of carbonyl (C=O) groups is 1. The molecule has 5 rings (SSSR count). The summed E-state index contributed by atoms with van der Waals surface area (Å²) in [6.45, 7) is 5.10. The van der Waals surface area contributed by atoms with Gasteiger partial charge in [-0.05, 0) is 45.0 Å². The van der Waals surface area contributed by atoms with Gasteiger partial charge in [0, 0.05) is 35.6 Å². The number of aromatic carboxylic acids is 1. The molecule has 0 spiro atoms. The van der Waals surface area contributed by atoms with Crippen LogP contribution in [0.15, 0.2) is 71.9 Å². The van der Waals surface area contributed by atoms with Crippen molar-refractivity contribution in [2.75, 3.05) is 0 Å². The van der Waals surface area contributed by atoms with E-state index >= 15 is 0 Å². The highest BCUT2D eigenvalue weighted by Crippen LogP contribution is 2.41. The molecule has 2 N–H and O–H groups in total. The Morgan fingerprint density at radius 3 is 2.51 bits per heavy atom. The van der Waals surface area contributed by atoms with Crippen LogP contribution >= 0.6 is 22.9 Å². The van der Waals surface area contributed by atoms with Crippen molar-refractivity contribution in [1.29, 1.82) is 0 Å². The average Bonchev–Trinajstić information content (AvgIpc) is 3.52. The summed E-state index contributed by atoms with van der Waals surface area (Å²) in [5, 5.41) is 9.87. The normalized spacial score (nSPS) is 12.6. The number of sulfone groups is 1. The van der Waals surface area contributed by atoms with E-state index in [4.69, 9.17) is 21.3 Å². The van der Waals surface area contributed by atoms with Gasteiger partial charge in [0.2, 0.25) is 0 Å². The predicted octanol–water partition coefficient (Wildman–Crippen LogP) is 7.52. The van der Waals surface area contributed by atoms with Crippen molar-refractivity contribution in [3.05, 3.63) is 82.5 Å². The number of aromatic nitrogens is 3. The highest BCUT2D eigenvalue weighted by molar-refractivity contribution is 7.92. The first-order valence-corrected chi connectivity index (χ1v) is 14.8. The zero-order valence-electron chi connectivity index (χ0n) is 21.2. The van der Waals surface area contributed by atoms with Crippen molar-refractivity contribution in [2.45, 2.75) is 37.0 Å². The van der Waals surface area contributed by atoms with E-state index in [1.165, 1.54) is 0 Å². The van der Waals surface area contributed by atoms with Crippen molar-refractivity contribution in [2.24, 2.45) is 0 Å². The summed E-state index contributed by atoms with van der Waals surface area (Å²) in [7, 11) is -3.39. The molecule has 0 aliphatic rings. The molecule has 0 bridgehead atoms. The number of carboxylic acids is 1. The molecule has 1 atom stereocenters. The fraction of sp³-hybridized carbons (Fsp3) is 0.179. The lowest BCUT2D eigenvalue weighted by Crippen LogP contribution is -2.13. The molecule has 0 saturated heterocycles. The molecule has 11 heteroatoms. The molecule has 0 aliphatic heterocycles. The third kappa shape index (κ3) is 5.15. The van der Waals surface area contributed by atoms with Crippen LogP contribution in [-0.4, -0.2) is 39.7 Å². The highest BCUT2D eigenvalue weighted by atomic mass is 35.5. The lowest BCUT2D eigenvalue weighted by atomic mass is 10.1. The number of nitrogens with one attached hydrogen (secondary N) is 1. The number of thiophene rings is 1. The minimum absolute atomic E-state index is 0. The van der Waals surface area contributed by atoms with Gasteiger partial charge in [-0.1, -0.05) is 41.9 Å². The average molecular weight is 586 g/mol. The topological polar surface area (TPSA) is 122 Å². The largest absolute Gasteiger partial charge is 0.484 e. The maximum absolute atomic E-state index is 12.5. The van der Waals surface area contributed by atoms with Gasteiger partial charge in [0.05, 0.1) is 22.0 Å². The molecule has 0 aliphatic carbocycles. The van der Waals surface area contributed by atoms with Crippen LogP contribution in [0.25, 0.3) is 32.9 Å². The van der Waals surface area contributed by atoms with E-state index < -0.39 is 27.2 Å². The van der Waals surface area contributed by atoms with Crippen LogP contribution in [0.3, 0.4) is 0 Å². The van der Waals surface area contributed by atoms with Crippen molar-refractivity contribution in [3.8, 4) is 27.4 Å². The Bertz CT molecular complexity index is 1810. The summed E-state index contributed by atoms with van der Waals surface area (Å²) in [4.78, 5) is 25.3. The Hall–Kier alpha value is -3.73. The van der Waals surface area contributed by atoms with Gasteiger partial charge >= 0.3 is 5.97 Å². The minimum atomic E-state index is -3.39. The monoisotopic (exact) mass is 585 g/mol. The minimum Gasteiger partial charge on any atom is -0.484 e. The number of hydrogen-bond donors (Lipinski definition) is 2. The number of nitrogens with zero attached hydrogens (tertiary/aromatic N) is 2. The number of aromatic amines is 1. The number of ether oxygens (including phenoxy) is 1. The maximum Gasteiger partial charge on any atom is 0.349 e. The molecule has 0 amide bonds. The number of fused-ring (bicyclic) bond motifs is 1. The van der Waals surface area contributed by atoms with E-state index in [9.17, 15) is 18.3 Å². The molecule has 0 saturated carbocycles. The Morgan fingerprint density at radius 2 is 1.85 bits per heavy atom. The molecule has 0 fully saturated rings. The zero-order valence-corrected chi connectivity index (χ0v) is 23.6. The van der Waals surface area contributed by atoms with Gasteiger partial charge in [0.1, 0.15) is 17.4 Å². The lowest BCUT2D eigenvalue weighted by Gasteiger charge is -2.15. The molecule has 2 aromatic carbocycles. The van der Waals surface area contributed by atoms with Crippen molar-refractivity contribution >= 4 is 49.9 Å². The van der Waals surface area contributed by atoms with Crippen LogP contribution < -0.4 is 4.74 Å². The second-order valence-electron chi connectivity index (χ2n) is 9.16. The summed E-state index contributed by atoms with van der Waals surface area (Å²) in [6, 6.07) is 15.5.